The molecule has 4 aromatic rings. The molecular weight excluding hydrogens is 326 g/mol. The van der Waals surface area contributed by atoms with Gasteiger partial charge in [-0.25, -0.2) is 4.98 Å². The summed E-state index contributed by atoms with van der Waals surface area (Å²) >= 11 is 0. The number of para-hydroxylation sites is 1. The lowest BCUT2D eigenvalue weighted by molar-refractivity contribution is 0.467. The zero-order chi connectivity index (χ0) is 19.3. The van der Waals surface area contributed by atoms with Gasteiger partial charge in [0.1, 0.15) is 5.65 Å². The number of rotatable bonds is 1. The first-order valence-corrected chi connectivity index (χ1v) is 8.88. The Bertz CT molecular complexity index is 983. The summed E-state index contributed by atoms with van der Waals surface area (Å²) in [6.45, 7) is 10.5. The minimum absolute atomic E-state index is 0.124. The Morgan fingerprint density at radius 1 is 1.12 bits per heavy atom. The molecule has 0 aliphatic heterocycles. The van der Waals surface area contributed by atoms with Gasteiger partial charge in [0.05, 0.1) is 5.69 Å². The van der Waals surface area contributed by atoms with Gasteiger partial charge in [0.15, 0.2) is 17.2 Å². The Morgan fingerprint density at radius 2 is 1.85 bits per heavy atom. The zero-order valence-electron chi connectivity index (χ0n) is 16.0. The third-order valence-corrected chi connectivity index (χ3v) is 3.84. The number of imidazole rings is 1. The van der Waals surface area contributed by atoms with Crippen LogP contribution in [0.4, 0.5) is 5.88 Å². The molecule has 0 atom stereocenters. The number of hydrogen-bond acceptors (Lipinski definition) is 4. The standard InChI is InChI=1S/C11H14N2.C8H7NO2.C2H6/c1-8(2)11-9(3)12-10-6-4-5-7-13(10)11;9-7-4-5-2-1-3-6(10)8(5)11-7;1-2/h4-8H,1-3H3;1-4,10H,9H2;1-2H3. The van der Waals surface area contributed by atoms with Crippen LogP contribution < -0.4 is 5.73 Å². The van der Waals surface area contributed by atoms with E-state index in [0.29, 0.717) is 17.4 Å². The second kappa shape index (κ2) is 8.43. The SMILES string of the molecule is CC.Cc1nc2ccccn2c1C(C)C.Nc1cc2cccc(O)c2o1. The quantitative estimate of drug-likeness (QED) is 0.473. The van der Waals surface area contributed by atoms with Crippen LogP contribution in [-0.2, 0) is 0 Å². The number of aryl methyl sites for hydroxylation is 1. The molecule has 26 heavy (non-hydrogen) atoms. The van der Waals surface area contributed by atoms with Crippen LogP contribution in [0.25, 0.3) is 16.6 Å². The summed E-state index contributed by atoms with van der Waals surface area (Å²) in [5.74, 6) is 0.970. The van der Waals surface area contributed by atoms with Gasteiger partial charge in [-0.15, -0.1) is 0 Å². The second-order valence-corrected chi connectivity index (χ2v) is 6.01. The number of furan rings is 1. The smallest absolute Gasteiger partial charge is 0.191 e. The maximum Gasteiger partial charge on any atom is 0.191 e. The highest BCUT2D eigenvalue weighted by molar-refractivity contribution is 5.85. The van der Waals surface area contributed by atoms with Crippen molar-refractivity contribution in [1.82, 2.24) is 9.38 Å². The number of hydrogen-bond donors (Lipinski definition) is 2. The number of phenolic OH excluding ortho intramolecular Hbond substituents is 1. The summed E-state index contributed by atoms with van der Waals surface area (Å²) in [6.07, 6.45) is 2.07. The summed E-state index contributed by atoms with van der Waals surface area (Å²) in [6, 6.07) is 12.9. The van der Waals surface area contributed by atoms with E-state index in [2.05, 4.69) is 36.4 Å². The number of fused-ring (bicyclic) bond motifs is 2. The average molecular weight is 353 g/mol. The van der Waals surface area contributed by atoms with Crippen molar-refractivity contribution >= 4 is 22.5 Å². The van der Waals surface area contributed by atoms with Gasteiger partial charge >= 0.3 is 0 Å². The summed E-state index contributed by atoms with van der Waals surface area (Å²) in [5.41, 5.74) is 9.33. The van der Waals surface area contributed by atoms with Gasteiger partial charge in [0, 0.05) is 23.3 Å². The molecule has 3 aromatic heterocycles. The molecule has 0 saturated heterocycles. The fraction of sp³-hybridized carbons (Fsp3) is 0.286. The second-order valence-electron chi connectivity index (χ2n) is 6.01. The Hall–Kier alpha value is -2.95. The molecule has 0 saturated carbocycles. The van der Waals surface area contributed by atoms with Gasteiger partial charge in [-0.05, 0) is 31.0 Å². The molecule has 3 N–H and O–H groups in total. The Morgan fingerprint density at radius 3 is 2.50 bits per heavy atom. The minimum Gasteiger partial charge on any atom is -0.504 e. The van der Waals surface area contributed by atoms with E-state index in [1.54, 1.807) is 18.2 Å². The highest BCUT2D eigenvalue weighted by Crippen LogP contribution is 2.28. The van der Waals surface area contributed by atoms with Crippen LogP contribution in [0.15, 0.2) is 53.1 Å². The molecule has 5 nitrogen and oxygen atoms in total. The lowest BCUT2D eigenvalue weighted by atomic mass is 10.1. The Labute approximate surface area is 154 Å². The van der Waals surface area contributed by atoms with E-state index in [-0.39, 0.29) is 5.75 Å². The first-order valence-electron chi connectivity index (χ1n) is 8.88. The van der Waals surface area contributed by atoms with Gasteiger partial charge in [-0.3, -0.25) is 0 Å². The third-order valence-electron chi connectivity index (χ3n) is 3.84. The van der Waals surface area contributed by atoms with E-state index in [4.69, 9.17) is 10.2 Å². The van der Waals surface area contributed by atoms with E-state index >= 15 is 0 Å². The number of nitrogens with zero attached hydrogens (tertiary/aromatic N) is 2. The molecule has 0 spiro atoms. The molecule has 3 heterocycles. The van der Waals surface area contributed by atoms with Crippen LogP contribution in [0, 0.1) is 6.92 Å². The number of aromatic nitrogens is 2. The number of nitrogens with two attached hydrogens (primary N) is 1. The van der Waals surface area contributed by atoms with Crippen molar-refractivity contribution in [3.8, 4) is 5.75 Å². The lowest BCUT2D eigenvalue weighted by Crippen LogP contribution is -1.95. The van der Waals surface area contributed by atoms with Crippen molar-refractivity contribution in [3.63, 3.8) is 0 Å². The van der Waals surface area contributed by atoms with Crippen molar-refractivity contribution in [2.75, 3.05) is 5.73 Å². The molecule has 0 aliphatic carbocycles. The molecule has 5 heteroatoms. The molecule has 0 aliphatic rings. The van der Waals surface area contributed by atoms with Crippen LogP contribution in [0.5, 0.6) is 5.75 Å². The highest BCUT2D eigenvalue weighted by Gasteiger charge is 2.10. The van der Waals surface area contributed by atoms with E-state index in [1.165, 1.54) is 5.69 Å². The number of nitrogen functional groups attached to an aromatic ring is 1. The summed E-state index contributed by atoms with van der Waals surface area (Å²) in [5, 5.41) is 10.1. The van der Waals surface area contributed by atoms with Gasteiger partial charge in [0.25, 0.3) is 0 Å². The molecular formula is C21H27N3O2. The third kappa shape index (κ3) is 3.99. The van der Waals surface area contributed by atoms with E-state index < -0.39 is 0 Å². The number of phenols is 1. The number of pyridine rings is 1. The zero-order valence-corrected chi connectivity index (χ0v) is 16.0. The van der Waals surface area contributed by atoms with E-state index in [1.807, 2.05) is 38.1 Å². The first-order chi connectivity index (χ1) is 12.5. The molecule has 1 aromatic carbocycles. The van der Waals surface area contributed by atoms with E-state index in [0.717, 1.165) is 16.7 Å². The lowest BCUT2D eigenvalue weighted by Gasteiger charge is -2.05. The normalized spacial score (nSPS) is 10.4. The van der Waals surface area contributed by atoms with Gasteiger partial charge in [0.2, 0.25) is 0 Å². The fourth-order valence-corrected chi connectivity index (χ4v) is 2.90. The van der Waals surface area contributed by atoms with Gasteiger partial charge in [-0.2, -0.15) is 0 Å². The van der Waals surface area contributed by atoms with Crippen molar-refractivity contribution in [2.24, 2.45) is 0 Å². The van der Waals surface area contributed by atoms with Crippen LogP contribution in [0.2, 0.25) is 0 Å². The van der Waals surface area contributed by atoms with Crippen molar-refractivity contribution in [3.05, 3.63) is 60.0 Å². The highest BCUT2D eigenvalue weighted by atomic mass is 16.4. The molecule has 0 bridgehead atoms. The largest absolute Gasteiger partial charge is 0.504 e. The summed E-state index contributed by atoms with van der Waals surface area (Å²) < 4.78 is 7.19. The Balaban J connectivity index is 0.000000173. The van der Waals surface area contributed by atoms with Crippen LogP contribution in [0.3, 0.4) is 0 Å². The number of aromatic hydroxyl groups is 1. The average Bonchev–Trinajstić information content (AvgIpc) is 3.16. The number of anilines is 1. The molecule has 0 unspecified atom stereocenters. The van der Waals surface area contributed by atoms with Crippen LogP contribution in [-0.4, -0.2) is 14.5 Å². The Kier molecular flexibility index (Phi) is 6.28. The summed E-state index contributed by atoms with van der Waals surface area (Å²) in [7, 11) is 0. The maximum absolute atomic E-state index is 9.24. The monoisotopic (exact) mass is 353 g/mol. The minimum atomic E-state index is 0.124. The molecule has 0 amide bonds. The summed E-state index contributed by atoms with van der Waals surface area (Å²) in [4.78, 5) is 4.50. The molecule has 138 valence electrons. The fourth-order valence-electron chi connectivity index (χ4n) is 2.90. The van der Waals surface area contributed by atoms with Crippen molar-refractivity contribution < 1.29 is 9.52 Å². The molecule has 4 rings (SSSR count). The predicted molar refractivity (Wildman–Crippen MR) is 108 cm³/mol. The van der Waals surface area contributed by atoms with E-state index in [9.17, 15) is 5.11 Å². The van der Waals surface area contributed by atoms with Crippen LogP contribution in [0.1, 0.15) is 45.0 Å². The first kappa shape index (κ1) is 19.4. The number of benzene rings is 1. The molecule has 0 fully saturated rings. The predicted octanol–water partition coefficient (Wildman–Crippen LogP) is 5.51. The van der Waals surface area contributed by atoms with Gasteiger partial charge < -0.3 is 19.7 Å². The van der Waals surface area contributed by atoms with Crippen LogP contribution >= 0.6 is 0 Å². The van der Waals surface area contributed by atoms with Crippen molar-refractivity contribution in [2.45, 2.75) is 40.5 Å². The molecule has 0 radical (unpaired) electrons. The maximum atomic E-state index is 9.24. The topological polar surface area (TPSA) is 76.7 Å². The van der Waals surface area contributed by atoms with Crippen molar-refractivity contribution in [1.29, 1.82) is 0 Å². The van der Waals surface area contributed by atoms with Gasteiger partial charge in [-0.1, -0.05) is 45.9 Å².